The van der Waals surface area contributed by atoms with Gasteiger partial charge in [-0.1, -0.05) is 12.1 Å². The summed E-state index contributed by atoms with van der Waals surface area (Å²) >= 11 is 2.15. The molecule has 0 spiro atoms. The fourth-order valence-corrected chi connectivity index (χ4v) is 2.43. The highest BCUT2D eigenvalue weighted by molar-refractivity contribution is 14.1. The maximum Gasteiger partial charge on any atom is 0.327 e. The van der Waals surface area contributed by atoms with Gasteiger partial charge in [-0.25, -0.2) is 4.79 Å². The molecule has 1 fully saturated rings. The Morgan fingerprint density at radius 3 is 2.21 bits per heavy atom. The van der Waals surface area contributed by atoms with Crippen LogP contribution >= 0.6 is 22.6 Å². The summed E-state index contributed by atoms with van der Waals surface area (Å²) in [6.45, 7) is 0. The van der Waals surface area contributed by atoms with Crippen LogP contribution in [-0.4, -0.2) is 33.8 Å². The number of aliphatic carboxylic acids is 1. The fourth-order valence-electron chi connectivity index (χ4n) is 2.07. The molecule has 0 aliphatic carbocycles. The molecule has 0 bridgehead atoms. The summed E-state index contributed by atoms with van der Waals surface area (Å²) in [6.07, 6.45) is 0.355. The van der Waals surface area contributed by atoms with Gasteiger partial charge in [-0.2, -0.15) is 0 Å². The van der Waals surface area contributed by atoms with E-state index in [1.165, 1.54) is 0 Å². The van der Waals surface area contributed by atoms with Crippen molar-refractivity contribution in [3.8, 4) is 0 Å². The number of imide groups is 1. The van der Waals surface area contributed by atoms with Gasteiger partial charge in [0, 0.05) is 22.8 Å². The molecule has 6 heteroatoms. The zero-order valence-electron chi connectivity index (χ0n) is 10.0. The molecular formula is C13H12INO4. The second-order valence-corrected chi connectivity index (χ2v) is 5.59. The van der Waals surface area contributed by atoms with Crippen molar-refractivity contribution in [1.82, 2.24) is 4.90 Å². The maximum atomic E-state index is 11.6. The zero-order valence-corrected chi connectivity index (χ0v) is 12.2. The minimum atomic E-state index is -1.15. The number of carbonyl (C=O) groups excluding carboxylic acids is 2. The third-order valence-corrected chi connectivity index (χ3v) is 3.75. The number of benzene rings is 1. The largest absolute Gasteiger partial charge is 0.480 e. The zero-order chi connectivity index (χ0) is 14.0. The Bertz CT molecular complexity index is 510. The van der Waals surface area contributed by atoms with Crippen LogP contribution in [0.5, 0.6) is 0 Å². The number of halogens is 1. The van der Waals surface area contributed by atoms with Crippen molar-refractivity contribution in [1.29, 1.82) is 0 Å². The van der Waals surface area contributed by atoms with Crippen molar-refractivity contribution < 1.29 is 19.5 Å². The van der Waals surface area contributed by atoms with Gasteiger partial charge >= 0.3 is 5.97 Å². The molecule has 1 aliphatic heterocycles. The molecule has 1 atom stereocenters. The highest BCUT2D eigenvalue weighted by Crippen LogP contribution is 2.19. The van der Waals surface area contributed by atoms with Crippen molar-refractivity contribution in [2.75, 3.05) is 0 Å². The number of carbonyl (C=O) groups is 3. The Labute approximate surface area is 123 Å². The van der Waals surface area contributed by atoms with Gasteiger partial charge in [0.15, 0.2) is 0 Å². The number of hydrogen-bond acceptors (Lipinski definition) is 3. The molecule has 1 aromatic rings. The van der Waals surface area contributed by atoms with Crippen molar-refractivity contribution in [2.24, 2.45) is 0 Å². The fraction of sp³-hybridized carbons (Fsp3) is 0.308. The van der Waals surface area contributed by atoms with Gasteiger partial charge < -0.3 is 5.11 Å². The lowest BCUT2D eigenvalue weighted by Gasteiger charge is -2.22. The smallest absolute Gasteiger partial charge is 0.327 e. The Morgan fingerprint density at radius 1 is 1.21 bits per heavy atom. The van der Waals surface area contributed by atoms with Crippen molar-refractivity contribution >= 4 is 40.4 Å². The predicted molar refractivity (Wildman–Crippen MR) is 75.4 cm³/mol. The molecule has 1 saturated heterocycles. The van der Waals surface area contributed by atoms with E-state index in [9.17, 15) is 19.5 Å². The maximum absolute atomic E-state index is 11.6. The summed E-state index contributed by atoms with van der Waals surface area (Å²) < 4.78 is 1.04. The monoisotopic (exact) mass is 373 g/mol. The summed E-state index contributed by atoms with van der Waals surface area (Å²) in [5.41, 5.74) is 0.792. The van der Waals surface area contributed by atoms with Gasteiger partial charge in [0.1, 0.15) is 6.04 Å². The summed E-state index contributed by atoms with van der Waals surface area (Å²) in [6, 6.07) is 6.23. The van der Waals surface area contributed by atoms with E-state index in [-0.39, 0.29) is 19.3 Å². The third kappa shape index (κ3) is 3.12. The SMILES string of the molecule is O=C(O)C(Cc1ccc(I)cc1)N1C(=O)CCC1=O. The van der Waals surface area contributed by atoms with Gasteiger partial charge in [0.05, 0.1) is 0 Å². The second kappa shape index (κ2) is 5.68. The summed E-state index contributed by atoms with van der Waals surface area (Å²) in [5, 5.41) is 9.24. The number of amides is 2. The van der Waals surface area contributed by atoms with E-state index in [0.717, 1.165) is 14.0 Å². The van der Waals surface area contributed by atoms with Gasteiger partial charge in [0.25, 0.3) is 0 Å². The van der Waals surface area contributed by atoms with E-state index in [1.54, 1.807) is 0 Å². The minimum absolute atomic E-state index is 0.106. The molecule has 2 rings (SSSR count). The van der Waals surface area contributed by atoms with E-state index in [0.29, 0.717) is 0 Å². The van der Waals surface area contributed by atoms with E-state index in [1.807, 2.05) is 24.3 Å². The lowest BCUT2D eigenvalue weighted by molar-refractivity contribution is -0.154. The van der Waals surface area contributed by atoms with E-state index in [2.05, 4.69) is 22.6 Å². The van der Waals surface area contributed by atoms with Crippen LogP contribution in [0, 0.1) is 3.57 Å². The Kier molecular flexibility index (Phi) is 4.18. The van der Waals surface area contributed by atoms with Crippen LogP contribution in [0.15, 0.2) is 24.3 Å². The standard InChI is InChI=1S/C13H12INO4/c14-9-3-1-8(2-4-9)7-10(13(18)19)15-11(16)5-6-12(15)17/h1-4,10H,5-7H2,(H,18,19). The summed E-state index contributed by atoms with van der Waals surface area (Å²) in [7, 11) is 0. The molecule has 1 unspecified atom stereocenters. The van der Waals surface area contributed by atoms with Gasteiger partial charge in [0.2, 0.25) is 11.8 Å². The van der Waals surface area contributed by atoms with E-state index in [4.69, 9.17) is 0 Å². The van der Waals surface area contributed by atoms with Crippen LogP contribution in [0.25, 0.3) is 0 Å². The minimum Gasteiger partial charge on any atom is -0.480 e. The van der Waals surface area contributed by atoms with E-state index < -0.39 is 23.8 Å². The number of hydrogen-bond donors (Lipinski definition) is 1. The van der Waals surface area contributed by atoms with Crippen molar-refractivity contribution in [2.45, 2.75) is 25.3 Å². The number of carboxylic acid groups (broad SMARTS) is 1. The lowest BCUT2D eigenvalue weighted by atomic mass is 10.0. The number of likely N-dealkylation sites (tertiary alicyclic amines) is 1. The topological polar surface area (TPSA) is 74.7 Å². The van der Waals surface area contributed by atoms with Crippen LogP contribution in [0.3, 0.4) is 0 Å². The van der Waals surface area contributed by atoms with Crippen LogP contribution in [0.2, 0.25) is 0 Å². The first-order chi connectivity index (χ1) is 8.99. The normalized spacial score (nSPS) is 16.8. The third-order valence-electron chi connectivity index (χ3n) is 3.03. The Hall–Kier alpha value is -1.44. The second-order valence-electron chi connectivity index (χ2n) is 4.34. The van der Waals surface area contributed by atoms with Gasteiger partial charge in [-0.15, -0.1) is 0 Å². The Balaban J connectivity index is 2.21. The van der Waals surface area contributed by atoms with Gasteiger partial charge in [-0.3, -0.25) is 14.5 Å². The highest BCUT2D eigenvalue weighted by atomic mass is 127. The molecule has 1 aliphatic rings. The molecule has 0 radical (unpaired) electrons. The number of nitrogens with zero attached hydrogens (tertiary/aromatic N) is 1. The van der Waals surface area contributed by atoms with Crippen molar-refractivity contribution in [3.63, 3.8) is 0 Å². The molecule has 19 heavy (non-hydrogen) atoms. The number of carboxylic acids is 1. The average molecular weight is 373 g/mol. The number of rotatable bonds is 4. The first kappa shape index (κ1) is 14.0. The first-order valence-corrected chi connectivity index (χ1v) is 6.89. The van der Waals surface area contributed by atoms with Crippen LogP contribution in [0.4, 0.5) is 0 Å². The quantitative estimate of drug-likeness (QED) is 0.640. The molecule has 1 aromatic carbocycles. The molecule has 1 N–H and O–H groups in total. The molecule has 100 valence electrons. The average Bonchev–Trinajstić information content (AvgIpc) is 2.68. The molecule has 1 heterocycles. The van der Waals surface area contributed by atoms with E-state index >= 15 is 0 Å². The first-order valence-electron chi connectivity index (χ1n) is 5.81. The van der Waals surface area contributed by atoms with Crippen LogP contribution in [-0.2, 0) is 20.8 Å². The molecule has 0 aromatic heterocycles. The highest BCUT2D eigenvalue weighted by Gasteiger charge is 2.38. The molecule has 2 amide bonds. The Morgan fingerprint density at radius 2 is 1.74 bits per heavy atom. The summed E-state index contributed by atoms with van der Waals surface area (Å²) in [5.74, 6) is -1.95. The molecule has 0 saturated carbocycles. The predicted octanol–water partition coefficient (Wildman–Crippen LogP) is 1.44. The summed E-state index contributed by atoms with van der Waals surface area (Å²) in [4.78, 5) is 35.4. The molecule has 5 nitrogen and oxygen atoms in total. The van der Waals surface area contributed by atoms with Crippen molar-refractivity contribution in [3.05, 3.63) is 33.4 Å². The lowest BCUT2D eigenvalue weighted by Crippen LogP contribution is -2.45. The van der Waals surface area contributed by atoms with Gasteiger partial charge in [-0.05, 0) is 40.3 Å². The molecular weight excluding hydrogens is 361 g/mol. The van der Waals surface area contributed by atoms with Crippen LogP contribution in [0.1, 0.15) is 18.4 Å². The van der Waals surface area contributed by atoms with Crippen LogP contribution < -0.4 is 0 Å².